The number of fused-ring (bicyclic) bond motifs is 1. The number of hydrogen-bond donors (Lipinski definition) is 3. The van der Waals surface area contributed by atoms with Gasteiger partial charge in [-0.2, -0.15) is 0 Å². The number of aromatic nitrogens is 1. The second-order valence-corrected chi connectivity index (χ2v) is 12.0. The minimum absolute atomic E-state index is 0.00923. The maximum Gasteiger partial charge on any atom is 0.321 e. The van der Waals surface area contributed by atoms with E-state index in [0.29, 0.717) is 5.69 Å². The van der Waals surface area contributed by atoms with Gasteiger partial charge in [-0.15, -0.1) is 0 Å². The molecule has 3 N–H and O–H groups in total. The number of likely N-dealkylation sites (N-methyl/N-ethyl adjacent to an activating group) is 1. The van der Waals surface area contributed by atoms with Crippen LogP contribution >= 0.6 is 0 Å². The molecule has 1 aliphatic heterocycles. The van der Waals surface area contributed by atoms with Crippen LogP contribution in [0.4, 0.5) is 20.6 Å². The molecule has 0 unspecified atom stereocenters. The van der Waals surface area contributed by atoms with Crippen molar-refractivity contribution in [3.05, 3.63) is 65.3 Å². The van der Waals surface area contributed by atoms with Crippen molar-refractivity contribution in [2.24, 2.45) is 5.92 Å². The van der Waals surface area contributed by atoms with Gasteiger partial charge in [0.2, 0.25) is 0 Å². The molecular weight excluding hydrogens is 569 g/mol. The van der Waals surface area contributed by atoms with Crippen molar-refractivity contribution in [1.29, 1.82) is 0 Å². The minimum Gasteiger partial charge on any atom is -0.485 e. The summed E-state index contributed by atoms with van der Waals surface area (Å²) in [6, 6.07) is 8.80. The first-order valence-electron chi connectivity index (χ1n) is 13.3. The van der Waals surface area contributed by atoms with Crippen LogP contribution in [0.1, 0.15) is 35.7 Å². The number of aliphatic hydroxyl groups excluding tert-OH is 1. The Bertz CT molecular complexity index is 1540. The van der Waals surface area contributed by atoms with Gasteiger partial charge in [-0.25, -0.2) is 17.6 Å². The molecule has 2 aromatic carbocycles. The van der Waals surface area contributed by atoms with Crippen LogP contribution < -0.4 is 14.8 Å². The number of urea groups is 1. The Labute approximate surface area is 243 Å². The van der Waals surface area contributed by atoms with Crippen LogP contribution in [0.3, 0.4) is 0 Å². The van der Waals surface area contributed by atoms with Gasteiger partial charge in [0.05, 0.1) is 30.4 Å². The van der Waals surface area contributed by atoms with Gasteiger partial charge in [-0.05, 0) is 57.2 Å². The molecule has 3 aromatic rings. The van der Waals surface area contributed by atoms with E-state index in [2.05, 4.69) is 15.2 Å². The van der Waals surface area contributed by atoms with Crippen molar-refractivity contribution in [2.75, 3.05) is 36.8 Å². The lowest BCUT2D eigenvalue weighted by Crippen LogP contribution is -2.50. The highest BCUT2D eigenvalue weighted by Crippen LogP contribution is 2.36. The number of benzene rings is 2. The number of para-hydroxylation sites is 1. The third-order valence-corrected chi connectivity index (χ3v) is 8.68. The van der Waals surface area contributed by atoms with Crippen LogP contribution in [0.15, 0.2) is 51.9 Å². The number of carbonyl (C=O) groups is 2. The molecule has 3 atom stereocenters. The van der Waals surface area contributed by atoms with E-state index >= 15 is 0 Å². The Hall–Kier alpha value is -4.17. The second-order valence-electron chi connectivity index (χ2n) is 10.4. The van der Waals surface area contributed by atoms with Crippen LogP contribution in [-0.2, 0) is 10.0 Å². The Balaban J connectivity index is 1.70. The highest BCUT2D eigenvalue weighted by Gasteiger charge is 2.36. The molecule has 0 aliphatic carbocycles. The average molecular weight is 604 g/mol. The lowest BCUT2D eigenvalue weighted by atomic mass is 9.99. The number of nitrogens with zero attached hydrogens (tertiary/aromatic N) is 3. The van der Waals surface area contributed by atoms with Gasteiger partial charge in [0, 0.05) is 25.2 Å². The summed E-state index contributed by atoms with van der Waals surface area (Å²) in [6.45, 7) is 6.47. The van der Waals surface area contributed by atoms with Gasteiger partial charge in [-0.3, -0.25) is 9.52 Å². The molecule has 3 amide bonds. The summed E-state index contributed by atoms with van der Waals surface area (Å²) in [5.41, 5.74) is 0.661. The van der Waals surface area contributed by atoms with Crippen molar-refractivity contribution in [2.45, 2.75) is 44.7 Å². The van der Waals surface area contributed by atoms with E-state index in [0.717, 1.165) is 0 Å². The minimum atomic E-state index is -4.20. The molecule has 14 heteroatoms. The summed E-state index contributed by atoms with van der Waals surface area (Å²) < 4.78 is 54.0. The van der Waals surface area contributed by atoms with E-state index in [1.54, 1.807) is 14.0 Å². The van der Waals surface area contributed by atoms with Crippen molar-refractivity contribution < 1.29 is 36.8 Å². The molecule has 0 bridgehead atoms. The largest absolute Gasteiger partial charge is 0.485 e. The summed E-state index contributed by atoms with van der Waals surface area (Å²) in [4.78, 5) is 29.4. The summed E-state index contributed by atoms with van der Waals surface area (Å²) in [6.07, 6.45) is -0.709. The topological polar surface area (TPSA) is 154 Å². The van der Waals surface area contributed by atoms with Crippen molar-refractivity contribution in [3.8, 4) is 5.75 Å². The molecule has 226 valence electrons. The maximum absolute atomic E-state index is 13.7. The maximum atomic E-state index is 13.7. The van der Waals surface area contributed by atoms with E-state index in [1.165, 1.54) is 66.1 Å². The van der Waals surface area contributed by atoms with Crippen LogP contribution in [0, 0.1) is 25.6 Å². The van der Waals surface area contributed by atoms with Gasteiger partial charge in [0.15, 0.2) is 16.4 Å². The number of sulfonamides is 1. The second kappa shape index (κ2) is 12.4. The first-order chi connectivity index (χ1) is 19.8. The quantitative estimate of drug-likeness (QED) is 0.353. The third-order valence-electron chi connectivity index (χ3n) is 7.07. The summed E-state index contributed by atoms with van der Waals surface area (Å²) in [5.74, 6) is -1.16. The number of aryl methyl sites for hydroxylation is 2. The number of halogens is 1. The van der Waals surface area contributed by atoms with Crippen LogP contribution in [0.25, 0.3) is 0 Å². The Morgan fingerprint density at radius 3 is 2.55 bits per heavy atom. The fourth-order valence-corrected chi connectivity index (χ4v) is 6.09. The van der Waals surface area contributed by atoms with E-state index < -0.39 is 39.9 Å². The lowest BCUT2D eigenvalue weighted by molar-refractivity contribution is 0.0373. The molecule has 0 saturated heterocycles. The molecular formula is C28H34FN5O7S. The molecule has 1 aromatic heterocycles. The van der Waals surface area contributed by atoms with Crippen molar-refractivity contribution in [3.63, 3.8) is 0 Å². The average Bonchev–Trinajstić information content (AvgIpc) is 3.29. The molecule has 1 aliphatic rings. The molecule has 2 heterocycles. The van der Waals surface area contributed by atoms with Crippen LogP contribution in [-0.4, -0.2) is 79.3 Å². The van der Waals surface area contributed by atoms with E-state index in [1.807, 2.05) is 6.92 Å². The normalized spacial score (nSPS) is 17.9. The number of carbonyl (C=O) groups excluding carboxylic acids is 2. The molecule has 0 spiro atoms. The number of ether oxygens (including phenoxy) is 1. The number of rotatable bonds is 8. The van der Waals surface area contributed by atoms with Crippen molar-refractivity contribution >= 4 is 33.3 Å². The molecule has 12 nitrogen and oxygen atoms in total. The first-order valence-corrected chi connectivity index (χ1v) is 14.8. The van der Waals surface area contributed by atoms with Gasteiger partial charge >= 0.3 is 6.03 Å². The molecule has 0 radical (unpaired) electrons. The van der Waals surface area contributed by atoms with Gasteiger partial charge in [-0.1, -0.05) is 18.1 Å². The summed E-state index contributed by atoms with van der Waals surface area (Å²) in [7, 11) is -2.64. The van der Waals surface area contributed by atoms with Gasteiger partial charge in [0.1, 0.15) is 17.6 Å². The predicted molar refractivity (Wildman–Crippen MR) is 152 cm³/mol. The number of hydrogen-bond acceptors (Lipinski definition) is 8. The summed E-state index contributed by atoms with van der Waals surface area (Å²) >= 11 is 0. The first kappa shape index (κ1) is 30.8. The van der Waals surface area contributed by atoms with Gasteiger partial charge < -0.3 is 29.5 Å². The van der Waals surface area contributed by atoms with E-state index in [9.17, 15) is 27.5 Å². The summed E-state index contributed by atoms with van der Waals surface area (Å²) in [5, 5.41) is 16.3. The fourth-order valence-electron chi connectivity index (χ4n) is 4.70. The highest BCUT2D eigenvalue weighted by molar-refractivity contribution is 7.92. The number of nitrogens with one attached hydrogen (secondary N) is 2. The SMILES string of the molecule is Cc1noc(C)c1S(=O)(=O)Nc1cccc2c1O[C@@H](CN(C)C(=O)Nc1ccc(F)cc1)[C@@H](C)CN([C@@H](C)CO)C2=O. The predicted octanol–water partition coefficient (Wildman–Crippen LogP) is 3.62. The van der Waals surface area contributed by atoms with Crippen LogP contribution in [0.2, 0.25) is 0 Å². The Kier molecular flexibility index (Phi) is 9.06. The standard InChI is InChI=1S/C28H34FN5O7S/c1-16-13-34(17(2)15-35)27(36)22-7-6-8-23(32-42(38,39)26-18(3)31-41-19(26)4)25(22)40-24(16)14-33(5)28(37)30-21-11-9-20(29)10-12-21/h6-12,16-17,24,32,35H,13-15H2,1-5H3,(H,30,37)/t16-,17-,24-/m0/s1. The molecule has 4 rings (SSSR count). The lowest BCUT2D eigenvalue weighted by Gasteiger charge is -2.38. The zero-order valence-electron chi connectivity index (χ0n) is 23.9. The van der Waals surface area contributed by atoms with Crippen molar-refractivity contribution in [1.82, 2.24) is 15.0 Å². The zero-order valence-corrected chi connectivity index (χ0v) is 24.7. The van der Waals surface area contributed by atoms with Crippen LogP contribution in [0.5, 0.6) is 5.75 Å². The molecule has 0 saturated carbocycles. The Morgan fingerprint density at radius 1 is 1.24 bits per heavy atom. The number of anilines is 2. The van der Waals surface area contributed by atoms with E-state index in [4.69, 9.17) is 9.26 Å². The zero-order chi connectivity index (χ0) is 30.8. The number of aliphatic hydroxyl groups is 1. The number of amides is 3. The Morgan fingerprint density at radius 2 is 1.93 bits per heavy atom. The molecule has 0 fully saturated rings. The monoisotopic (exact) mass is 603 g/mol. The van der Waals surface area contributed by atoms with E-state index in [-0.39, 0.29) is 59.0 Å². The highest BCUT2D eigenvalue weighted by atomic mass is 32.2. The third kappa shape index (κ3) is 6.49. The smallest absolute Gasteiger partial charge is 0.321 e. The fraction of sp³-hybridized carbons (Fsp3) is 0.393. The van der Waals surface area contributed by atoms with Gasteiger partial charge in [0.25, 0.3) is 15.9 Å². The molecule has 42 heavy (non-hydrogen) atoms.